The van der Waals surface area contributed by atoms with Gasteiger partial charge in [-0.2, -0.15) is 0 Å². The lowest BCUT2D eigenvalue weighted by Gasteiger charge is -2.25. The summed E-state index contributed by atoms with van der Waals surface area (Å²) in [7, 11) is 3.42. The average Bonchev–Trinajstić information content (AvgIpc) is 2.45. The molecule has 0 radical (unpaired) electrons. The first kappa shape index (κ1) is 19.3. The van der Waals surface area contributed by atoms with Gasteiger partial charge in [0.15, 0.2) is 0 Å². The minimum atomic E-state index is -0.471. The van der Waals surface area contributed by atoms with E-state index in [1.54, 1.807) is 19.1 Å². The van der Waals surface area contributed by atoms with Crippen molar-refractivity contribution in [2.45, 2.75) is 46.3 Å². The molecule has 0 aliphatic heterocycles. The number of likely N-dealkylation sites (N-methyl/N-ethyl adjacent to an activating group) is 1. The van der Waals surface area contributed by atoms with Gasteiger partial charge in [0.1, 0.15) is 11.4 Å². The third-order valence-corrected chi connectivity index (χ3v) is 3.45. The van der Waals surface area contributed by atoms with E-state index >= 15 is 0 Å². The summed E-state index contributed by atoms with van der Waals surface area (Å²) in [6.45, 7) is 11.0. The molecule has 0 saturated heterocycles. The lowest BCUT2D eigenvalue weighted by atomic mass is 10.0. The Morgan fingerprint density at radius 2 is 2.00 bits per heavy atom. The zero-order valence-corrected chi connectivity index (χ0v) is 15.4. The van der Waals surface area contributed by atoms with Gasteiger partial charge >= 0.3 is 6.09 Å². The maximum Gasteiger partial charge on any atom is 0.410 e. The highest BCUT2D eigenvalue weighted by Crippen LogP contribution is 2.25. The fraction of sp³-hybridized carbons (Fsp3) is 0.611. The summed E-state index contributed by atoms with van der Waals surface area (Å²) >= 11 is 0. The highest BCUT2D eigenvalue weighted by Gasteiger charge is 2.19. The van der Waals surface area contributed by atoms with Crippen molar-refractivity contribution >= 4 is 6.09 Å². The van der Waals surface area contributed by atoms with Crippen LogP contribution in [0.3, 0.4) is 0 Å². The minimum Gasteiger partial charge on any atom is -0.496 e. The summed E-state index contributed by atoms with van der Waals surface area (Å²) in [5.74, 6) is 0.871. The molecule has 5 nitrogen and oxygen atoms in total. The number of rotatable bonds is 6. The van der Waals surface area contributed by atoms with Crippen molar-refractivity contribution in [1.82, 2.24) is 10.2 Å². The van der Waals surface area contributed by atoms with E-state index in [9.17, 15) is 4.79 Å². The molecule has 23 heavy (non-hydrogen) atoms. The minimum absolute atomic E-state index is 0.136. The van der Waals surface area contributed by atoms with Gasteiger partial charge in [-0.15, -0.1) is 0 Å². The van der Waals surface area contributed by atoms with Crippen LogP contribution in [0, 0.1) is 6.92 Å². The van der Waals surface area contributed by atoms with Crippen LogP contribution in [-0.4, -0.2) is 43.8 Å². The molecule has 1 aromatic rings. The Balaban J connectivity index is 2.52. The van der Waals surface area contributed by atoms with Crippen molar-refractivity contribution in [3.05, 3.63) is 29.3 Å². The Morgan fingerprint density at radius 3 is 2.57 bits per heavy atom. The van der Waals surface area contributed by atoms with Gasteiger partial charge in [0, 0.05) is 31.7 Å². The van der Waals surface area contributed by atoms with Gasteiger partial charge in [-0.3, -0.25) is 0 Å². The highest BCUT2D eigenvalue weighted by atomic mass is 16.6. The molecule has 1 atom stereocenters. The van der Waals surface area contributed by atoms with Gasteiger partial charge < -0.3 is 19.7 Å². The van der Waals surface area contributed by atoms with E-state index in [1.165, 1.54) is 5.56 Å². The standard InChI is InChI=1S/C18H30N2O3/c1-13-8-9-16(22-7)15(12-13)14(2)19-10-11-20(6)17(21)23-18(3,4)5/h8-9,12,14,19H,10-11H2,1-7H3. The van der Waals surface area contributed by atoms with Crippen LogP contribution in [0.5, 0.6) is 5.75 Å². The van der Waals surface area contributed by atoms with Gasteiger partial charge in [0.05, 0.1) is 7.11 Å². The Bertz CT molecular complexity index is 523. The highest BCUT2D eigenvalue weighted by molar-refractivity contribution is 5.67. The van der Waals surface area contributed by atoms with Crippen LogP contribution in [0.15, 0.2) is 18.2 Å². The number of hydrogen-bond donors (Lipinski definition) is 1. The van der Waals surface area contributed by atoms with Gasteiger partial charge in [0.25, 0.3) is 0 Å². The van der Waals surface area contributed by atoms with Crippen molar-refractivity contribution in [1.29, 1.82) is 0 Å². The first-order chi connectivity index (χ1) is 10.6. The summed E-state index contributed by atoms with van der Waals surface area (Å²) in [6.07, 6.45) is -0.305. The number of nitrogens with zero attached hydrogens (tertiary/aromatic N) is 1. The molecule has 1 N–H and O–H groups in total. The Morgan fingerprint density at radius 1 is 1.35 bits per heavy atom. The normalized spacial score (nSPS) is 12.7. The molecule has 0 aromatic heterocycles. The first-order valence-electron chi connectivity index (χ1n) is 7.96. The number of benzene rings is 1. The van der Waals surface area contributed by atoms with Crippen molar-refractivity contribution < 1.29 is 14.3 Å². The average molecular weight is 322 g/mol. The second-order valence-corrected chi connectivity index (χ2v) is 6.82. The molecule has 0 spiro atoms. The van der Waals surface area contributed by atoms with Crippen molar-refractivity contribution in [2.75, 3.05) is 27.2 Å². The molecule has 130 valence electrons. The molecule has 1 unspecified atom stereocenters. The zero-order chi connectivity index (χ0) is 17.6. The SMILES string of the molecule is COc1ccc(C)cc1C(C)NCCN(C)C(=O)OC(C)(C)C. The van der Waals surface area contributed by atoms with Crippen molar-refractivity contribution in [3.8, 4) is 5.75 Å². The summed E-state index contributed by atoms with van der Waals surface area (Å²) in [6, 6.07) is 6.27. The molecule has 1 aromatic carbocycles. The van der Waals surface area contributed by atoms with Crippen LogP contribution in [0.4, 0.5) is 4.79 Å². The summed E-state index contributed by atoms with van der Waals surface area (Å²) in [4.78, 5) is 13.5. The van der Waals surface area contributed by atoms with Crippen LogP contribution in [-0.2, 0) is 4.74 Å². The van der Waals surface area contributed by atoms with Crippen LogP contribution in [0.1, 0.15) is 44.9 Å². The van der Waals surface area contributed by atoms with E-state index in [2.05, 4.69) is 25.2 Å². The van der Waals surface area contributed by atoms with Gasteiger partial charge in [-0.25, -0.2) is 4.79 Å². The van der Waals surface area contributed by atoms with E-state index in [0.717, 1.165) is 11.3 Å². The number of amides is 1. The van der Waals surface area contributed by atoms with Gasteiger partial charge in [-0.1, -0.05) is 17.7 Å². The molecule has 0 aliphatic carbocycles. The first-order valence-corrected chi connectivity index (χ1v) is 7.96. The zero-order valence-electron chi connectivity index (χ0n) is 15.4. The van der Waals surface area contributed by atoms with E-state index in [4.69, 9.17) is 9.47 Å². The monoisotopic (exact) mass is 322 g/mol. The molecule has 0 bridgehead atoms. The molecular weight excluding hydrogens is 292 g/mol. The molecular formula is C18H30N2O3. The molecule has 1 rings (SSSR count). The van der Waals surface area contributed by atoms with Gasteiger partial charge in [0.2, 0.25) is 0 Å². The summed E-state index contributed by atoms with van der Waals surface area (Å²) < 4.78 is 10.8. The summed E-state index contributed by atoms with van der Waals surface area (Å²) in [5.41, 5.74) is 1.84. The van der Waals surface area contributed by atoms with E-state index < -0.39 is 5.60 Å². The third-order valence-electron chi connectivity index (χ3n) is 3.45. The lowest BCUT2D eigenvalue weighted by molar-refractivity contribution is 0.0299. The predicted molar refractivity (Wildman–Crippen MR) is 93.0 cm³/mol. The fourth-order valence-electron chi connectivity index (χ4n) is 2.18. The number of nitrogens with one attached hydrogen (secondary N) is 1. The number of methoxy groups -OCH3 is 1. The number of ether oxygens (including phenoxy) is 2. The Labute approximate surface area is 140 Å². The maximum absolute atomic E-state index is 11.9. The van der Waals surface area contributed by atoms with Crippen molar-refractivity contribution in [2.24, 2.45) is 0 Å². The summed E-state index contributed by atoms with van der Waals surface area (Å²) in [5, 5.41) is 3.42. The third kappa shape index (κ3) is 6.48. The molecule has 0 fully saturated rings. The largest absolute Gasteiger partial charge is 0.496 e. The molecule has 0 saturated carbocycles. The maximum atomic E-state index is 11.9. The number of carbonyl (C=O) groups excluding carboxylic acids is 1. The number of carbonyl (C=O) groups is 1. The Kier molecular flexibility index (Phi) is 6.88. The van der Waals surface area contributed by atoms with Crippen LogP contribution in [0.25, 0.3) is 0 Å². The lowest BCUT2D eigenvalue weighted by Crippen LogP contribution is -2.38. The Hall–Kier alpha value is -1.75. The number of hydrogen-bond acceptors (Lipinski definition) is 4. The quantitative estimate of drug-likeness (QED) is 0.870. The molecule has 1 amide bonds. The van der Waals surface area contributed by atoms with E-state index in [1.807, 2.05) is 32.9 Å². The van der Waals surface area contributed by atoms with Gasteiger partial charge in [-0.05, 0) is 40.7 Å². The molecule has 0 aliphatic rings. The fourth-order valence-corrected chi connectivity index (χ4v) is 2.18. The van der Waals surface area contributed by atoms with Crippen molar-refractivity contribution in [3.63, 3.8) is 0 Å². The van der Waals surface area contributed by atoms with E-state index in [-0.39, 0.29) is 12.1 Å². The topological polar surface area (TPSA) is 50.8 Å². The molecule has 5 heteroatoms. The number of aryl methyl sites for hydroxylation is 1. The van der Waals surface area contributed by atoms with E-state index in [0.29, 0.717) is 13.1 Å². The smallest absolute Gasteiger partial charge is 0.410 e. The second-order valence-electron chi connectivity index (χ2n) is 6.82. The van der Waals surface area contributed by atoms with Crippen LogP contribution >= 0.6 is 0 Å². The predicted octanol–water partition coefficient (Wildman–Crippen LogP) is 3.52. The second kappa shape index (κ2) is 8.20. The van der Waals surface area contributed by atoms with Crippen LogP contribution < -0.4 is 10.1 Å². The van der Waals surface area contributed by atoms with Crippen LogP contribution in [0.2, 0.25) is 0 Å². The molecule has 0 heterocycles.